The minimum absolute atomic E-state index is 0.203. The highest BCUT2D eigenvalue weighted by atomic mass is 16.2. The van der Waals surface area contributed by atoms with Crippen LogP contribution in [0.4, 0.5) is 0 Å². The van der Waals surface area contributed by atoms with Crippen LogP contribution >= 0.6 is 0 Å². The Hall–Kier alpha value is -2.53. The number of hydrogen-bond donors (Lipinski definition) is 0. The Balaban J connectivity index is 1.47. The molecule has 2 heterocycles. The van der Waals surface area contributed by atoms with Gasteiger partial charge in [-0.3, -0.25) is 4.79 Å². The lowest BCUT2D eigenvalue weighted by molar-refractivity contribution is -0.136. The number of nitrogens with zero attached hydrogens (tertiary/aromatic N) is 4. The molecular formula is C17H18N4O. The van der Waals surface area contributed by atoms with E-state index in [-0.39, 0.29) is 5.91 Å². The first-order valence-corrected chi connectivity index (χ1v) is 7.62. The van der Waals surface area contributed by atoms with E-state index >= 15 is 0 Å². The molecule has 1 unspecified atom stereocenters. The van der Waals surface area contributed by atoms with E-state index in [9.17, 15) is 4.79 Å². The molecule has 0 aliphatic carbocycles. The first-order chi connectivity index (χ1) is 10.7. The summed E-state index contributed by atoms with van der Waals surface area (Å²) in [5.41, 5.74) is 1.86. The number of likely N-dealkylation sites (tertiary alicyclic amines) is 2. The summed E-state index contributed by atoms with van der Waals surface area (Å²) in [6.07, 6.45) is 3.64. The Morgan fingerprint density at radius 2 is 1.91 bits per heavy atom. The largest absolute Gasteiger partial charge is 0.341 e. The fourth-order valence-corrected chi connectivity index (χ4v) is 3.19. The predicted molar refractivity (Wildman–Crippen MR) is 80.4 cm³/mol. The van der Waals surface area contributed by atoms with Crippen molar-refractivity contribution >= 4 is 5.91 Å². The monoisotopic (exact) mass is 294 g/mol. The molecule has 3 rings (SSSR count). The molecule has 5 heteroatoms. The Kier molecular flexibility index (Phi) is 3.98. The van der Waals surface area contributed by atoms with Crippen LogP contribution in [0.3, 0.4) is 0 Å². The van der Waals surface area contributed by atoms with Crippen molar-refractivity contribution in [3.63, 3.8) is 0 Å². The summed E-state index contributed by atoms with van der Waals surface area (Å²) in [6.45, 7) is 3.02. The Labute approximate surface area is 130 Å². The highest BCUT2D eigenvalue weighted by Gasteiger charge is 2.33. The minimum atomic E-state index is 0.203. The molecule has 1 aromatic carbocycles. The van der Waals surface area contributed by atoms with E-state index in [2.05, 4.69) is 12.3 Å². The van der Waals surface area contributed by atoms with Crippen LogP contribution in [0.5, 0.6) is 0 Å². The molecule has 2 aliphatic heterocycles. The molecule has 1 aromatic rings. The summed E-state index contributed by atoms with van der Waals surface area (Å²) < 4.78 is 0. The van der Waals surface area contributed by atoms with Gasteiger partial charge in [0.1, 0.15) is 0 Å². The van der Waals surface area contributed by atoms with Crippen LogP contribution in [-0.4, -0.2) is 41.9 Å². The molecule has 112 valence electrons. The number of hydrogen-bond acceptors (Lipinski definition) is 4. The van der Waals surface area contributed by atoms with Crippen molar-refractivity contribution < 1.29 is 4.79 Å². The summed E-state index contributed by atoms with van der Waals surface area (Å²) in [7, 11) is 0. The first kappa shape index (κ1) is 14.4. The van der Waals surface area contributed by atoms with E-state index in [0.29, 0.717) is 23.8 Å². The Bertz CT molecular complexity index is 634. The van der Waals surface area contributed by atoms with Crippen molar-refractivity contribution in [2.45, 2.75) is 18.8 Å². The van der Waals surface area contributed by atoms with Crippen molar-refractivity contribution in [2.75, 3.05) is 26.2 Å². The zero-order chi connectivity index (χ0) is 15.5. The van der Waals surface area contributed by atoms with Gasteiger partial charge in [0, 0.05) is 38.5 Å². The molecule has 0 spiro atoms. The quantitative estimate of drug-likeness (QED) is 0.795. The second-order valence-electron chi connectivity index (χ2n) is 6.13. The van der Waals surface area contributed by atoms with Crippen molar-refractivity contribution in [1.82, 2.24) is 9.80 Å². The summed E-state index contributed by atoms with van der Waals surface area (Å²) >= 11 is 0. The van der Waals surface area contributed by atoms with E-state index in [1.165, 1.54) is 5.56 Å². The number of carbonyl (C=O) groups is 1. The molecule has 0 N–H and O–H groups in total. The second-order valence-corrected chi connectivity index (χ2v) is 6.13. The number of amides is 1. The molecule has 0 bridgehead atoms. The number of carbonyl (C=O) groups excluding carboxylic acids is 1. The summed E-state index contributed by atoms with van der Waals surface area (Å²) in [6, 6.07) is 9.73. The fourth-order valence-electron chi connectivity index (χ4n) is 3.19. The number of rotatable bonds is 3. The highest BCUT2D eigenvalue weighted by molar-refractivity contribution is 5.77. The standard InChI is InChI=1S/C17H18N4O/c18-8-13-1-3-15(4-2-13)16-10-21(11-16)17(22)7-14-5-6-20(9-14)12-19/h1-4,14,16H,5-7,9-11H2. The lowest BCUT2D eigenvalue weighted by atomic mass is 9.90. The zero-order valence-electron chi connectivity index (χ0n) is 12.4. The average Bonchev–Trinajstić information content (AvgIpc) is 2.94. The maximum absolute atomic E-state index is 12.2. The minimum Gasteiger partial charge on any atom is -0.341 e. The average molecular weight is 294 g/mol. The Morgan fingerprint density at radius 1 is 1.18 bits per heavy atom. The van der Waals surface area contributed by atoms with Crippen LogP contribution in [0.25, 0.3) is 0 Å². The summed E-state index contributed by atoms with van der Waals surface area (Å²) in [5.74, 6) is 0.909. The van der Waals surface area contributed by atoms with E-state index in [1.54, 1.807) is 4.90 Å². The molecule has 5 nitrogen and oxygen atoms in total. The summed E-state index contributed by atoms with van der Waals surface area (Å²) in [5, 5.41) is 17.6. The van der Waals surface area contributed by atoms with Gasteiger partial charge < -0.3 is 9.80 Å². The maximum atomic E-state index is 12.2. The molecule has 0 saturated carbocycles. The van der Waals surface area contributed by atoms with Gasteiger partial charge in [0.2, 0.25) is 5.91 Å². The zero-order valence-corrected chi connectivity index (χ0v) is 12.4. The van der Waals surface area contributed by atoms with Gasteiger partial charge in [-0.2, -0.15) is 10.5 Å². The van der Waals surface area contributed by atoms with Gasteiger partial charge in [0.25, 0.3) is 0 Å². The molecule has 2 saturated heterocycles. The van der Waals surface area contributed by atoms with Crippen LogP contribution in [0.15, 0.2) is 24.3 Å². The topological polar surface area (TPSA) is 71.1 Å². The molecule has 0 radical (unpaired) electrons. The molecule has 1 atom stereocenters. The molecule has 0 aromatic heterocycles. The molecular weight excluding hydrogens is 276 g/mol. The van der Waals surface area contributed by atoms with Crippen LogP contribution in [-0.2, 0) is 4.79 Å². The van der Waals surface area contributed by atoms with Gasteiger partial charge in [-0.1, -0.05) is 12.1 Å². The molecule has 2 aliphatic rings. The highest BCUT2D eigenvalue weighted by Crippen LogP contribution is 2.29. The third kappa shape index (κ3) is 2.89. The fraction of sp³-hybridized carbons (Fsp3) is 0.471. The lowest BCUT2D eigenvalue weighted by Crippen LogP contribution is -2.48. The van der Waals surface area contributed by atoms with Gasteiger partial charge in [0.15, 0.2) is 6.19 Å². The normalized spacial score (nSPS) is 21.1. The van der Waals surface area contributed by atoms with Crippen molar-refractivity contribution in [3.8, 4) is 12.3 Å². The Morgan fingerprint density at radius 3 is 2.50 bits per heavy atom. The van der Waals surface area contributed by atoms with E-state index in [1.807, 2.05) is 29.2 Å². The second kappa shape index (κ2) is 6.07. The maximum Gasteiger partial charge on any atom is 0.222 e. The summed E-state index contributed by atoms with van der Waals surface area (Å²) in [4.78, 5) is 15.9. The third-order valence-corrected chi connectivity index (χ3v) is 4.64. The van der Waals surface area contributed by atoms with E-state index in [0.717, 1.165) is 32.6 Å². The van der Waals surface area contributed by atoms with Gasteiger partial charge in [0.05, 0.1) is 11.6 Å². The van der Waals surface area contributed by atoms with Gasteiger partial charge in [-0.05, 0) is 30.0 Å². The predicted octanol–water partition coefficient (Wildman–Crippen LogP) is 1.68. The first-order valence-electron chi connectivity index (χ1n) is 7.62. The van der Waals surface area contributed by atoms with Crippen LogP contribution < -0.4 is 0 Å². The SMILES string of the molecule is N#Cc1ccc(C2CN(C(=O)CC3CCN(C#N)C3)C2)cc1. The third-order valence-electron chi connectivity index (χ3n) is 4.64. The van der Waals surface area contributed by atoms with Gasteiger partial charge in [-0.15, -0.1) is 0 Å². The van der Waals surface area contributed by atoms with Crippen LogP contribution in [0.1, 0.15) is 29.9 Å². The van der Waals surface area contributed by atoms with E-state index in [4.69, 9.17) is 10.5 Å². The van der Waals surface area contributed by atoms with Crippen molar-refractivity contribution in [1.29, 1.82) is 10.5 Å². The van der Waals surface area contributed by atoms with Crippen LogP contribution in [0, 0.1) is 28.7 Å². The molecule has 2 fully saturated rings. The molecule has 22 heavy (non-hydrogen) atoms. The van der Waals surface area contributed by atoms with Gasteiger partial charge >= 0.3 is 0 Å². The van der Waals surface area contributed by atoms with Gasteiger partial charge in [-0.25, -0.2) is 0 Å². The number of benzene rings is 1. The lowest BCUT2D eigenvalue weighted by Gasteiger charge is -2.40. The smallest absolute Gasteiger partial charge is 0.222 e. The van der Waals surface area contributed by atoms with Crippen molar-refractivity contribution in [2.24, 2.45) is 5.92 Å². The van der Waals surface area contributed by atoms with E-state index < -0.39 is 0 Å². The van der Waals surface area contributed by atoms with Crippen LogP contribution in [0.2, 0.25) is 0 Å². The molecule has 1 amide bonds. The number of nitriles is 2. The van der Waals surface area contributed by atoms with Crippen molar-refractivity contribution in [3.05, 3.63) is 35.4 Å².